The average Bonchev–Trinajstić information content (AvgIpc) is 3.02. The van der Waals surface area contributed by atoms with E-state index in [0.29, 0.717) is 26.1 Å². The SMILES string of the molecule is CCOC(=O)CCC(C)(C)[C@@H]1C=C[C@@H]2CO[C@@H]3OC(=O)[C@H]1[C@@H]32. The van der Waals surface area contributed by atoms with Crippen molar-refractivity contribution < 1.29 is 23.8 Å². The van der Waals surface area contributed by atoms with E-state index in [9.17, 15) is 9.59 Å². The van der Waals surface area contributed by atoms with E-state index < -0.39 is 0 Å². The van der Waals surface area contributed by atoms with E-state index in [2.05, 4.69) is 26.0 Å². The van der Waals surface area contributed by atoms with Gasteiger partial charge < -0.3 is 14.2 Å². The van der Waals surface area contributed by atoms with Crippen LogP contribution >= 0.6 is 0 Å². The Labute approximate surface area is 131 Å². The molecule has 2 fully saturated rings. The van der Waals surface area contributed by atoms with Crippen LogP contribution in [-0.2, 0) is 23.8 Å². The first kappa shape index (κ1) is 15.5. The van der Waals surface area contributed by atoms with Crippen LogP contribution in [0.4, 0.5) is 0 Å². The molecular weight excluding hydrogens is 284 g/mol. The number of rotatable bonds is 5. The minimum absolute atomic E-state index is 0.0716. The molecule has 0 amide bonds. The first-order valence-corrected chi connectivity index (χ1v) is 8.10. The molecule has 0 spiro atoms. The first-order chi connectivity index (χ1) is 10.4. The molecule has 0 aromatic carbocycles. The van der Waals surface area contributed by atoms with Crippen molar-refractivity contribution in [1.82, 2.24) is 0 Å². The highest BCUT2D eigenvalue weighted by Gasteiger charge is 2.58. The van der Waals surface area contributed by atoms with Crippen LogP contribution in [-0.4, -0.2) is 31.4 Å². The second-order valence-corrected chi connectivity index (χ2v) is 7.11. The lowest BCUT2D eigenvalue weighted by Gasteiger charge is -2.39. The average molecular weight is 308 g/mol. The van der Waals surface area contributed by atoms with Gasteiger partial charge in [-0.3, -0.25) is 9.59 Å². The molecule has 0 N–H and O–H groups in total. The van der Waals surface area contributed by atoms with Gasteiger partial charge >= 0.3 is 11.9 Å². The molecule has 0 saturated carbocycles. The van der Waals surface area contributed by atoms with Crippen LogP contribution in [0, 0.1) is 29.1 Å². The summed E-state index contributed by atoms with van der Waals surface area (Å²) in [7, 11) is 0. The van der Waals surface area contributed by atoms with E-state index >= 15 is 0 Å². The van der Waals surface area contributed by atoms with E-state index in [0.717, 1.165) is 0 Å². The van der Waals surface area contributed by atoms with Crippen molar-refractivity contribution in [1.29, 1.82) is 0 Å². The van der Waals surface area contributed by atoms with Gasteiger partial charge in [-0.1, -0.05) is 26.0 Å². The van der Waals surface area contributed by atoms with Gasteiger partial charge in [0.2, 0.25) is 6.29 Å². The summed E-state index contributed by atoms with van der Waals surface area (Å²) in [6, 6.07) is 0. The van der Waals surface area contributed by atoms with E-state index in [-0.39, 0.29) is 47.3 Å². The molecule has 0 aromatic rings. The Morgan fingerprint density at radius 3 is 2.91 bits per heavy atom. The number of esters is 2. The van der Waals surface area contributed by atoms with Gasteiger partial charge in [0.25, 0.3) is 0 Å². The summed E-state index contributed by atoms with van der Waals surface area (Å²) in [4.78, 5) is 23.9. The standard InChI is InChI=1S/C17H24O5/c1-4-20-12(18)7-8-17(2,3)11-6-5-10-9-21-16-13(10)14(11)15(19)22-16/h5-6,10-11,13-14,16H,4,7-9H2,1-3H3/t10-,11-,13+,14-,16-/m1/s1. The van der Waals surface area contributed by atoms with Crippen LogP contribution in [0.2, 0.25) is 0 Å². The summed E-state index contributed by atoms with van der Waals surface area (Å²) < 4.78 is 16.0. The zero-order valence-corrected chi connectivity index (χ0v) is 13.4. The Balaban J connectivity index is 1.74. The summed E-state index contributed by atoms with van der Waals surface area (Å²) in [6.07, 6.45) is 4.99. The van der Waals surface area contributed by atoms with Crippen molar-refractivity contribution in [3.8, 4) is 0 Å². The Hall–Kier alpha value is -1.36. The fourth-order valence-corrected chi connectivity index (χ4v) is 4.05. The third-order valence-corrected chi connectivity index (χ3v) is 5.31. The van der Waals surface area contributed by atoms with Crippen LogP contribution in [0.15, 0.2) is 12.2 Å². The summed E-state index contributed by atoms with van der Waals surface area (Å²) in [5.74, 6) is -0.00688. The molecule has 2 aliphatic heterocycles. The number of carbonyl (C=O) groups excluding carboxylic acids is 2. The lowest BCUT2D eigenvalue weighted by Crippen LogP contribution is -2.39. The molecule has 5 nitrogen and oxygen atoms in total. The molecule has 122 valence electrons. The largest absolute Gasteiger partial charge is 0.466 e. The van der Waals surface area contributed by atoms with Crippen molar-refractivity contribution >= 4 is 11.9 Å². The Kier molecular flexibility index (Phi) is 4.02. The maximum Gasteiger partial charge on any atom is 0.312 e. The topological polar surface area (TPSA) is 61.8 Å². The molecule has 5 heteroatoms. The smallest absolute Gasteiger partial charge is 0.312 e. The normalized spacial score (nSPS) is 36.1. The number of allylic oxidation sites excluding steroid dienone is 1. The molecule has 0 aromatic heterocycles. The molecule has 2 saturated heterocycles. The quantitative estimate of drug-likeness (QED) is 0.576. The Morgan fingerprint density at radius 1 is 1.41 bits per heavy atom. The van der Waals surface area contributed by atoms with Crippen LogP contribution < -0.4 is 0 Å². The highest BCUT2D eigenvalue weighted by molar-refractivity contribution is 5.76. The zero-order valence-electron chi connectivity index (χ0n) is 13.4. The predicted molar refractivity (Wildman–Crippen MR) is 78.6 cm³/mol. The number of hydrogen-bond donors (Lipinski definition) is 0. The molecule has 0 radical (unpaired) electrons. The van der Waals surface area contributed by atoms with Crippen molar-refractivity contribution in [3.05, 3.63) is 12.2 Å². The highest BCUT2D eigenvalue weighted by atomic mass is 16.7. The number of carbonyl (C=O) groups is 2. The van der Waals surface area contributed by atoms with Crippen LogP contribution in [0.3, 0.4) is 0 Å². The Morgan fingerprint density at radius 2 is 2.18 bits per heavy atom. The summed E-state index contributed by atoms with van der Waals surface area (Å²) >= 11 is 0. The van der Waals surface area contributed by atoms with Gasteiger partial charge in [-0.15, -0.1) is 0 Å². The second kappa shape index (κ2) is 5.69. The summed E-state index contributed by atoms with van der Waals surface area (Å²) in [5, 5.41) is 0. The minimum atomic E-state index is -0.379. The minimum Gasteiger partial charge on any atom is -0.466 e. The molecule has 0 bridgehead atoms. The van der Waals surface area contributed by atoms with Crippen LogP contribution in [0.25, 0.3) is 0 Å². The Bertz CT molecular complexity index is 495. The van der Waals surface area contributed by atoms with Crippen molar-refractivity contribution in [2.45, 2.75) is 39.9 Å². The summed E-state index contributed by atoms with van der Waals surface area (Å²) in [5.41, 5.74) is -0.171. The maximum absolute atomic E-state index is 12.3. The number of hydrogen-bond acceptors (Lipinski definition) is 5. The highest BCUT2D eigenvalue weighted by Crippen LogP contribution is 2.52. The lowest BCUT2D eigenvalue weighted by atomic mass is 9.62. The second-order valence-electron chi connectivity index (χ2n) is 7.11. The predicted octanol–water partition coefficient (Wildman–Crippen LogP) is 2.30. The van der Waals surface area contributed by atoms with Crippen molar-refractivity contribution in [2.75, 3.05) is 13.2 Å². The fourth-order valence-electron chi connectivity index (χ4n) is 4.05. The van der Waals surface area contributed by atoms with Gasteiger partial charge in [-0.2, -0.15) is 0 Å². The molecule has 3 aliphatic rings. The van der Waals surface area contributed by atoms with Gasteiger partial charge in [-0.05, 0) is 24.7 Å². The van der Waals surface area contributed by atoms with E-state index in [1.807, 2.05) is 6.92 Å². The molecular formula is C17H24O5. The molecule has 2 heterocycles. The van der Waals surface area contributed by atoms with Gasteiger partial charge in [0, 0.05) is 18.3 Å². The third kappa shape index (κ3) is 2.56. The van der Waals surface area contributed by atoms with Gasteiger partial charge in [-0.25, -0.2) is 0 Å². The zero-order chi connectivity index (χ0) is 15.9. The van der Waals surface area contributed by atoms with Crippen LogP contribution in [0.1, 0.15) is 33.6 Å². The summed E-state index contributed by atoms with van der Waals surface area (Å²) in [6.45, 7) is 7.06. The fraction of sp³-hybridized carbons (Fsp3) is 0.765. The van der Waals surface area contributed by atoms with E-state index in [1.165, 1.54) is 0 Å². The van der Waals surface area contributed by atoms with Gasteiger partial charge in [0.1, 0.15) is 0 Å². The number of ether oxygens (including phenoxy) is 3. The molecule has 22 heavy (non-hydrogen) atoms. The molecule has 1 aliphatic carbocycles. The maximum atomic E-state index is 12.3. The van der Waals surface area contributed by atoms with Crippen LogP contribution in [0.5, 0.6) is 0 Å². The van der Waals surface area contributed by atoms with Gasteiger partial charge in [0.15, 0.2) is 0 Å². The van der Waals surface area contributed by atoms with E-state index in [4.69, 9.17) is 14.2 Å². The lowest BCUT2D eigenvalue weighted by molar-refractivity contribution is -0.161. The van der Waals surface area contributed by atoms with Gasteiger partial charge in [0.05, 0.1) is 19.1 Å². The molecule has 3 rings (SSSR count). The van der Waals surface area contributed by atoms with E-state index in [1.54, 1.807) is 0 Å². The van der Waals surface area contributed by atoms with Crippen molar-refractivity contribution in [2.24, 2.45) is 29.1 Å². The molecule has 5 atom stereocenters. The monoisotopic (exact) mass is 308 g/mol. The third-order valence-electron chi connectivity index (χ3n) is 5.31. The van der Waals surface area contributed by atoms with Crippen molar-refractivity contribution in [3.63, 3.8) is 0 Å². The molecule has 0 unspecified atom stereocenters. The first-order valence-electron chi connectivity index (χ1n) is 8.10.